The minimum atomic E-state index is -4.69. The van der Waals surface area contributed by atoms with Gasteiger partial charge in [-0.1, -0.05) is 28.9 Å². The van der Waals surface area contributed by atoms with Gasteiger partial charge >= 0.3 is 6.18 Å². The predicted octanol–water partition coefficient (Wildman–Crippen LogP) is 5.50. The molecule has 0 radical (unpaired) electrons. The predicted molar refractivity (Wildman–Crippen MR) is 108 cm³/mol. The van der Waals surface area contributed by atoms with E-state index in [-0.39, 0.29) is 22.4 Å². The molecule has 0 saturated heterocycles. The van der Waals surface area contributed by atoms with Gasteiger partial charge in [-0.3, -0.25) is 0 Å². The van der Waals surface area contributed by atoms with Crippen LogP contribution in [0.4, 0.5) is 13.2 Å². The molecule has 0 atom stereocenters. The standard InChI is InChI=1S/C21H16ClF3N2O3/c1-30-18-7-4-13(22)10-16(18)19-15(11-2-5-14(28)6-3-11)8-12(21(23,24)25)9-17(19)20(26)27-29/h2-10,28-29H,1H3,(H2,26,27). The number of amidine groups is 1. The summed E-state index contributed by atoms with van der Waals surface area (Å²) in [7, 11) is 1.40. The number of halogens is 4. The van der Waals surface area contributed by atoms with Gasteiger partial charge in [0, 0.05) is 21.7 Å². The highest BCUT2D eigenvalue weighted by molar-refractivity contribution is 6.31. The van der Waals surface area contributed by atoms with Crippen LogP contribution in [0.5, 0.6) is 11.5 Å². The number of hydrogen-bond acceptors (Lipinski definition) is 4. The molecule has 0 aliphatic carbocycles. The normalized spacial score (nSPS) is 12.1. The Labute approximate surface area is 174 Å². The van der Waals surface area contributed by atoms with Gasteiger partial charge in [-0.15, -0.1) is 0 Å². The first-order valence-electron chi connectivity index (χ1n) is 8.52. The average molecular weight is 437 g/mol. The van der Waals surface area contributed by atoms with Crippen molar-refractivity contribution in [2.24, 2.45) is 10.9 Å². The van der Waals surface area contributed by atoms with E-state index in [2.05, 4.69) is 5.16 Å². The van der Waals surface area contributed by atoms with Crippen LogP contribution in [0.3, 0.4) is 0 Å². The first kappa shape index (κ1) is 21.3. The number of hydrogen-bond donors (Lipinski definition) is 3. The molecule has 0 bridgehead atoms. The molecule has 3 aromatic carbocycles. The van der Waals surface area contributed by atoms with E-state index >= 15 is 0 Å². The summed E-state index contributed by atoms with van der Waals surface area (Å²) in [6.45, 7) is 0. The smallest absolute Gasteiger partial charge is 0.416 e. The first-order chi connectivity index (χ1) is 14.2. The van der Waals surface area contributed by atoms with Gasteiger partial charge in [0.15, 0.2) is 5.84 Å². The van der Waals surface area contributed by atoms with Crippen LogP contribution in [-0.2, 0) is 6.18 Å². The molecule has 0 fully saturated rings. The Morgan fingerprint density at radius 3 is 2.27 bits per heavy atom. The lowest BCUT2D eigenvalue weighted by Gasteiger charge is -2.20. The lowest BCUT2D eigenvalue weighted by atomic mass is 9.87. The van der Waals surface area contributed by atoms with Gasteiger partial charge in [0.2, 0.25) is 0 Å². The van der Waals surface area contributed by atoms with Crippen molar-refractivity contribution in [1.29, 1.82) is 0 Å². The van der Waals surface area contributed by atoms with Gasteiger partial charge < -0.3 is 20.8 Å². The molecule has 0 heterocycles. The van der Waals surface area contributed by atoms with Crippen molar-refractivity contribution in [3.63, 3.8) is 0 Å². The summed E-state index contributed by atoms with van der Waals surface area (Å²) < 4.78 is 46.2. The number of methoxy groups -OCH3 is 1. The highest BCUT2D eigenvalue weighted by atomic mass is 35.5. The van der Waals surface area contributed by atoms with Crippen LogP contribution in [0.1, 0.15) is 11.1 Å². The van der Waals surface area contributed by atoms with Gasteiger partial charge in [-0.05, 0) is 53.6 Å². The van der Waals surface area contributed by atoms with Crippen LogP contribution in [0, 0.1) is 0 Å². The number of benzene rings is 3. The maximum absolute atomic E-state index is 13.6. The quantitative estimate of drug-likeness (QED) is 0.218. The molecule has 156 valence electrons. The fraction of sp³-hybridized carbons (Fsp3) is 0.0952. The Morgan fingerprint density at radius 2 is 1.70 bits per heavy atom. The molecule has 0 spiro atoms. The van der Waals surface area contributed by atoms with Crippen molar-refractivity contribution in [2.75, 3.05) is 7.11 Å². The summed E-state index contributed by atoms with van der Waals surface area (Å²) in [5, 5.41) is 22.0. The van der Waals surface area contributed by atoms with E-state index in [0.29, 0.717) is 21.9 Å². The molecule has 4 N–H and O–H groups in total. The van der Waals surface area contributed by atoms with Gasteiger partial charge in [0.25, 0.3) is 0 Å². The Hall–Kier alpha value is -3.39. The summed E-state index contributed by atoms with van der Waals surface area (Å²) in [6, 6.07) is 12.0. The molecule has 30 heavy (non-hydrogen) atoms. The molecule has 0 unspecified atom stereocenters. The zero-order valence-electron chi connectivity index (χ0n) is 15.5. The maximum atomic E-state index is 13.6. The van der Waals surface area contributed by atoms with E-state index in [1.807, 2.05) is 0 Å². The largest absolute Gasteiger partial charge is 0.508 e. The fourth-order valence-corrected chi connectivity index (χ4v) is 3.27. The molecule has 0 aliphatic heterocycles. The fourth-order valence-electron chi connectivity index (χ4n) is 3.10. The van der Waals surface area contributed by atoms with Crippen molar-refractivity contribution >= 4 is 17.4 Å². The molecule has 3 aromatic rings. The van der Waals surface area contributed by atoms with E-state index in [0.717, 1.165) is 12.1 Å². The molecule has 9 heteroatoms. The Balaban J connectivity index is 2.50. The Bertz CT molecular complexity index is 1110. The summed E-state index contributed by atoms with van der Waals surface area (Å²) in [6.07, 6.45) is -4.69. The van der Waals surface area contributed by atoms with E-state index in [1.54, 1.807) is 12.1 Å². The van der Waals surface area contributed by atoms with Crippen LogP contribution < -0.4 is 10.5 Å². The van der Waals surface area contributed by atoms with Crippen LogP contribution >= 0.6 is 11.6 Å². The van der Waals surface area contributed by atoms with Crippen LogP contribution in [0.25, 0.3) is 22.3 Å². The highest BCUT2D eigenvalue weighted by Gasteiger charge is 2.33. The second-order valence-electron chi connectivity index (χ2n) is 6.32. The zero-order chi connectivity index (χ0) is 22.1. The van der Waals surface area contributed by atoms with E-state index in [4.69, 9.17) is 22.1 Å². The second kappa shape index (κ2) is 8.16. The molecule has 0 saturated carbocycles. The zero-order valence-corrected chi connectivity index (χ0v) is 16.3. The van der Waals surface area contributed by atoms with Gasteiger partial charge in [0.05, 0.1) is 12.7 Å². The number of aromatic hydroxyl groups is 1. The summed E-state index contributed by atoms with van der Waals surface area (Å²) in [5.41, 5.74) is 5.69. The van der Waals surface area contributed by atoms with Crippen molar-refractivity contribution in [3.05, 3.63) is 70.7 Å². The number of alkyl halides is 3. The third-order valence-corrected chi connectivity index (χ3v) is 4.69. The maximum Gasteiger partial charge on any atom is 0.416 e. The van der Waals surface area contributed by atoms with Crippen molar-refractivity contribution < 1.29 is 28.2 Å². The summed E-state index contributed by atoms with van der Waals surface area (Å²) >= 11 is 6.13. The van der Waals surface area contributed by atoms with Gasteiger partial charge in [-0.25, -0.2) is 0 Å². The van der Waals surface area contributed by atoms with E-state index in [9.17, 15) is 23.5 Å². The molecule has 0 aromatic heterocycles. The van der Waals surface area contributed by atoms with Crippen LogP contribution in [0.2, 0.25) is 5.02 Å². The van der Waals surface area contributed by atoms with E-state index < -0.39 is 17.6 Å². The molecule has 5 nitrogen and oxygen atoms in total. The second-order valence-corrected chi connectivity index (χ2v) is 6.76. The number of nitrogens with two attached hydrogens (primary N) is 1. The Kier molecular flexibility index (Phi) is 5.80. The summed E-state index contributed by atoms with van der Waals surface area (Å²) in [4.78, 5) is 0. The number of ether oxygens (including phenoxy) is 1. The number of rotatable bonds is 4. The molecule has 3 rings (SSSR count). The van der Waals surface area contributed by atoms with Crippen LogP contribution in [0.15, 0.2) is 59.8 Å². The minimum Gasteiger partial charge on any atom is -0.508 e. The van der Waals surface area contributed by atoms with Crippen LogP contribution in [-0.4, -0.2) is 23.3 Å². The Morgan fingerprint density at radius 1 is 1.03 bits per heavy atom. The molecular formula is C21H16ClF3N2O3. The highest BCUT2D eigenvalue weighted by Crippen LogP contribution is 2.44. The van der Waals surface area contributed by atoms with Gasteiger partial charge in [-0.2, -0.15) is 13.2 Å². The number of phenolic OH excluding ortho intramolecular Hbond substituents is 1. The number of phenols is 1. The summed E-state index contributed by atoms with van der Waals surface area (Å²) in [5.74, 6) is -0.242. The van der Waals surface area contributed by atoms with Crippen molar-refractivity contribution in [3.8, 4) is 33.8 Å². The number of nitrogens with zero attached hydrogens (tertiary/aromatic N) is 1. The topological polar surface area (TPSA) is 88.1 Å². The monoisotopic (exact) mass is 436 g/mol. The first-order valence-corrected chi connectivity index (χ1v) is 8.90. The molecule has 0 aliphatic rings. The third-order valence-electron chi connectivity index (χ3n) is 4.46. The van der Waals surface area contributed by atoms with E-state index in [1.165, 1.54) is 37.4 Å². The lowest BCUT2D eigenvalue weighted by Crippen LogP contribution is -2.17. The molecule has 0 amide bonds. The SMILES string of the molecule is COc1ccc(Cl)cc1-c1c(/C(N)=N\O)cc(C(F)(F)F)cc1-c1ccc(O)cc1. The number of oxime groups is 1. The third kappa shape index (κ3) is 4.13. The lowest BCUT2D eigenvalue weighted by molar-refractivity contribution is -0.137. The van der Waals surface area contributed by atoms with Crippen molar-refractivity contribution in [2.45, 2.75) is 6.18 Å². The minimum absolute atomic E-state index is 0.0516. The van der Waals surface area contributed by atoms with Gasteiger partial charge in [0.1, 0.15) is 11.5 Å². The average Bonchev–Trinajstić information content (AvgIpc) is 2.72. The van der Waals surface area contributed by atoms with Crippen molar-refractivity contribution in [1.82, 2.24) is 0 Å². The molecular weight excluding hydrogens is 421 g/mol.